The van der Waals surface area contributed by atoms with Crippen LogP contribution in [0.1, 0.15) is 33.6 Å². The van der Waals surface area contributed by atoms with Crippen LogP contribution >= 0.6 is 0 Å². The van der Waals surface area contributed by atoms with Crippen LogP contribution in [0, 0.1) is 17.3 Å². The third kappa shape index (κ3) is 1.90. The lowest BCUT2D eigenvalue weighted by molar-refractivity contribution is -0.151. The maximum absolute atomic E-state index is 11.4. The molecule has 0 aromatic heterocycles. The molecule has 1 fully saturated rings. The molecular formula is C10H16O3. The Morgan fingerprint density at radius 1 is 1.54 bits per heavy atom. The summed E-state index contributed by atoms with van der Waals surface area (Å²) in [4.78, 5) is 22.3. The molecule has 1 rings (SSSR count). The van der Waals surface area contributed by atoms with Crippen molar-refractivity contribution in [2.75, 3.05) is 0 Å². The van der Waals surface area contributed by atoms with Crippen LogP contribution in [-0.2, 0) is 9.59 Å². The molecule has 0 heterocycles. The Labute approximate surface area is 78.1 Å². The fraction of sp³-hybridized carbons (Fsp3) is 0.800. The number of carbonyl (C=O) groups is 2. The Morgan fingerprint density at radius 2 is 2.08 bits per heavy atom. The number of hydrogen-bond acceptors (Lipinski definition) is 2. The highest BCUT2D eigenvalue weighted by Crippen LogP contribution is 2.41. The molecule has 1 N–H and O–H groups in total. The van der Waals surface area contributed by atoms with Crippen LogP contribution < -0.4 is 0 Å². The third-order valence-electron chi connectivity index (χ3n) is 3.01. The van der Waals surface area contributed by atoms with Crippen LogP contribution in [0.5, 0.6) is 0 Å². The molecule has 3 heteroatoms. The molecule has 2 unspecified atom stereocenters. The van der Waals surface area contributed by atoms with Crippen molar-refractivity contribution in [3.05, 3.63) is 0 Å². The number of rotatable bonds is 1. The lowest BCUT2D eigenvalue weighted by atomic mass is 9.65. The third-order valence-corrected chi connectivity index (χ3v) is 3.01. The Hall–Kier alpha value is -0.860. The van der Waals surface area contributed by atoms with Gasteiger partial charge in [-0.2, -0.15) is 0 Å². The minimum absolute atomic E-state index is 0.0888. The molecule has 0 aromatic carbocycles. The van der Waals surface area contributed by atoms with Crippen molar-refractivity contribution in [3.63, 3.8) is 0 Å². The molecule has 0 bridgehead atoms. The first-order valence-corrected chi connectivity index (χ1v) is 4.60. The van der Waals surface area contributed by atoms with E-state index in [0.717, 1.165) is 0 Å². The monoisotopic (exact) mass is 184 g/mol. The van der Waals surface area contributed by atoms with Crippen LogP contribution in [0.25, 0.3) is 0 Å². The summed E-state index contributed by atoms with van der Waals surface area (Å²) in [7, 11) is 0. The molecule has 1 aliphatic carbocycles. The quantitative estimate of drug-likeness (QED) is 0.675. The van der Waals surface area contributed by atoms with Crippen molar-refractivity contribution in [2.45, 2.75) is 33.6 Å². The zero-order valence-corrected chi connectivity index (χ0v) is 8.33. The normalized spacial score (nSPS) is 33.0. The molecule has 0 radical (unpaired) electrons. The minimum Gasteiger partial charge on any atom is -0.481 e. The Kier molecular flexibility index (Phi) is 2.46. The zero-order valence-electron chi connectivity index (χ0n) is 8.33. The molecule has 0 spiro atoms. The molecule has 13 heavy (non-hydrogen) atoms. The molecule has 0 amide bonds. The SMILES string of the molecule is CC1CC(C(=O)O)C(C)(C)CC1=O. The van der Waals surface area contributed by atoms with E-state index in [4.69, 9.17) is 5.11 Å². The van der Waals surface area contributed by atoms with E-state index in [-0.39, 0.29) is 23.0 Å². The van der Waals surface area contributed by atoms with Gasteiger partial charge in [-0.3, -0.25) is 9.59 Å². The molecule has 0 saturated heterocycles. The number of carbonyl (C=O) groups excluding carboxylic acids is 1. The zero-order chi connectivity index (χ0) is 10.2. The van der Waals surface area contributed by atoms with Crippen molar-refractivity contribution in [2.24, 2.45) is 17.3 Å². The van der Waals surface area contributed by atoms with Gasteiger partial charge in [-0.05, 0) is 11.8 Å². The van der Waals surface area contributed by atoms with E-state index in [1.807, 2.05) is 20.8 Å². The van der Waals surface area contributed by atoms with Gasteiger partial charge in [0.1, 0.15) is 5.78 Å². The Balaban J connectivity index is 2.85. The standard InChI is InChI=1S/C10H16O3/c1-6-4-7(9(12)13)10(2,3)5-8(6)11/h6-7H,4-5H2,1-3H3,(H,12,13). The summed E-state index contributed by atoms with van der Waals surface area (Å²) in [6.07, 6.45) is 0.881. The molecule has 0 aliphatic heterocycles. The minimum atomic E-state index is -0.774. The first-order chi connectivity index (χ1) is 5.84. The van der Waals surface area contributed by atoms with Gasteiger partial charge in [-0.15, -0.1) is 0 Å². The first-order valence-electron chi connectivity index (χ1n) is 4.60. The lowest BCUT2D eigenvalue weighted by Gasteiger charge is -2.37. The highest BCUT2D eigenvalue weighted by atomic mass is 16.4. The Bertz CT molecular complexity index is 243. The van der Waals surface area contributed by atoms with Gasteiger partial charge in [0.15, 0.2) is 0 Å². The van der Waals surface area contributed by atoms with E-state index in [0.29, 0.717) is 12.8 Å². The molecule has 1 saturated carbocycles. The van der Waals surface area contributed by atoms with Crippen LogP contribution in [-0.4, -0.2) is 16.9 Å². The number of hydrogen-bond donors (Lipinski definition) is 1. The predicted octanol–water partition coefficient (Wildman–Crippen LogP) is 1.71. The van der Waals surface area contributed by atoms with E-state index in [9.17, 15) is 9.59 Å². The van der Waals surface area contributed by atoms with Crippen molar-refractivity contribution in [1.29, 1.82) is 0 Å². The molecule has 0 aromatic rings. The highest BCUT2D eigenvalue weighted by Gasteiger charge is 2.43. The second-order valence-corrected chi connectivity index (χ2v) is 4.66. The van der Waals surface area contributed by atoms with Crippen molar-refractivity contribution in [3.8, 4) is 0 Å². The number of Topliss-reactive ketones (excluding diaryl/α,β-unsaturated/α-hetero) is 1. The van der Waals surface area contributed by atoms with Crippen molar-refractivity contribution in [1.82, 2.24) is 0 Å². The van der Waals surface area contributed by atoms with Gasteiger partial charge in [0.05, 0.1) is 5.92 Å². The highest BCUT2D eigenvalue weighted by molar-refractivity contribution is 5.85. The van der Waals surface area contributed by atoms with Gasteiger partial charge in [-0.25, -0.2) is 0 Å². The molecule has 1 aliphatic rings. The average Bonchev–Trinajstić information content (AvgIpc) is 1.95. The number of carboxylic acid groups (broad SMARTS) is 1. The summed E-state index contributed by atoms with van der Waals surface area (Å²) in [5.74, 6) is -1.04. The molecule has 2 atom stereocenters. The van der Waals surface area contributed by atoms with Gasteiger partial charge >= 0.3 is 5.97 Å². The maximum Gasteiger partial charge on any atom is 0.307 e. The summed E-state index contributed by atoms with van der Waals surface area (Å²) >= 11 is 0. The predicted molar refractivity (Wildman–Crippen MR) is 48.3 cm³/mol. The van der Waals surface area contributed by atoms with E-state index < -0.39 is 5.97 Å². The smallest absolute Gasteiger partial charge is 0.307 e. The fourth-order valence-electron chi connectivity index (χ4n) is 1.99. The first kappa shape index (κ1) is 10.2. The average molecular weight is 184 g/mol. The van der Waals surface area contributed by atoms with Gasteiger partial charge in [0.25, 0.3) is 0 Å². The largest absolute Gasteiger partial charge is 0.481 e. The summed E-state index contributed by atoms with van der Waals surface area (Å²) in [6, 6.07) is 0. The van der Waals surface area contributed by atoms with E-state index in [1.165, 1.54) is 0 Å². The molecular weight excluding hydrogens is 168 g/mol. The van der Waals surface area contributed by atoms with Crippen LogP contribution in [0.15, 0.2) is 0 Å². The van der Waals surface area contributed by atoms with Crippen LogP contribution in [0.2, 0.25) is 0 Å². The topological polar surface area (TPSA) is 54.4 Å². The number of carboxylic acids is 1. The van der Waals surface area contributed by atoms with Gasteiger partial charge in [0, 0.05) is 12.3 Å². The van der Waals surface area contributed by atoms with Crippen LogP contribution in [0.4, 0.5) is 0 Å². The van der Waals surface area contributed by atoms with Crippen molar-refractivity contribution >= 4 is 11.8 Å². The molecule has 3 nitrogen and oxygen atoms in total. The summed E-state index contributed by atoms with van der Waals surface area (Å²) in [5.41, 5.74) is -0.380. The fourth-order valence-corrected chi connectivity index (χ4v) is 1.99. The Morgan fingerprint density at radius 3 is 2.54 bits per heavy atom. The van der Waals surface area contributed by atoms with E-state index in [1.54, 1.807) is 0 Å². The van der Waals surface area contributed by atoms with E-state index >= 15 is 0 Å². The van der Waals surface area contributed by atoms with E-state index in [2.05, 4.69) is 0 Å². The number of aliphatic carboxylic acids is 1. The lowest BCUT2D eigenvalue weighted by Crippen LogP contribution is -2.40. The summed E-state index contributed by atoms with van der Waals surface area (Å²) in [5, 5.41) is 8.97. The molecule has 74 valence electrons. The number of ketones is 1. The second kappa shape index (κ2) is 3.13. The summed E-state index contributed by atoms with van der Waals surface area (Å²) < 4.78 is 0. The van der Waals surface area contributed by atoms with Gasteiger partial charge < -0.3 is 5.11 Å². The van der Waals surface area contributed by atoms with Crippen LogP contribution in [0.3, 0.4) is 0 Å². The maximum atomic E-state index is 11.4. The summed E-state index contributed by atoms with van der Waals surface area (Å²) in [6.45, 7) is 5.53. The van der Waals surface area contributed by atoms with Gasteiger partial charge in [-0.1, -0.05) is 20.8 Å². The van der Waals surface area contributed by atoms with Crippen molar-refractivity contribution < 1.29 is 14.7 Å². The second-order valence-electron chi connectivity index (χ2n) is 4.66. The van der Waals surface area contributed by atoms with Gasteiger partial charge in [0.2, 0.25) is 0 Å².